The number of carbonyl (C=O) groups excluding carboxylic acids is 2. The van der Waals surface area contributed by atoms with Gasteiger partial charge in [-0.15, -0.1) is 0 Å². The Labute approximate surface area is 124 Å². The smallest absolute Gasteiger partial charge is 0.329 e. The molecule has 1 fully saturated rings. The van der Waals surface area contributed by atoms with Crippen LogP contribution in [0.3, 0.4) is 0 Å². The summed E-state index contributed by atoms with van der Waals surface area (Å²) in [6, 6.07) is -0.193. The molecule has 0 radical (unpaired) electrons. The van der Waals surface area contributed by atoms with E-state index in [1.807, 2.05) is 0 Å². The lowest BCUT2D eigenvalue weighted by Gasteiger charge is -2.34. The van der Waals surface area contributed by atoms with Crippen molar-refractivity contribution in [2.75, 3.05) is 47.4 Å². The SMILES string of the molecule is CN(C)C(=O)CN(C)C(=O)N1CCC(OCC(=O)O)CC1. The Morgan fingerprint density at radius 1 is 1.19 bits per heavy atom. The van der Waals surface area contributed by atoms with E-state index in [2.05, 4.69) is 0 Å². The molecule has 0 aliphatic carbocycles. The van der Waals surface area contributed by atoms with Gasteiger partial charge in [-0.2, -0.15) is 0 Å². The molecule has 0 unspecified atom stereocenters. The summed E-state index contributed by atoms with van der Waals surface area (Å²) in [6.45, 7) is 0.740. The van der Waals surface area contributed by atoms with E-state index >= 15 is 0 Å². The fourth-order valence-electron chi connectivity index (χ4n) is 2.06. The fourth-order valence-corrected chi connectivity index (χ4v) is 2.06. The maximum Gasteiger partial charge on any atom is 0.329 e. The summed E-state index contributed by atoms with van der Waals surface area (Å²) in [6.07, 6.45) is 1.09. The summed E-state index contributed by atoms with van der Waals surface area (Å²) < 4.78 is 5.22. The van der Waals surface area contributed by atoms with E-state index in [1.165, 1.54) is 9.80 Å². The normalized spacial score (nSPS) is 15.7. The minimum Gasteiger partial charge on any atom is -0.480 e. The molecule has 0 aromatic heterocycles. The van der Waals surface area contributed by atoms with Crippen LogP contribution in [0.25, 0.3) is 0 Å². The van der Waals surface area contributed by atoms with Crippen LogP contribution < -0.4 is 0 Å². The Bertz CT molecular complexity index is 391. The van der Waals surface area contributed by atoms with E-state index in [1.54, 1.807) is 26.0 Å². The number of hydrogen-bond donors (Lipinski definition) is 1. The van der Waals surface area contributed by atoms with Crippen LogP contribution in [-0.2, 0) is 14.3 Å². The molecule has 1 saturated heterocycles. The van der Waals surface area contributed by atoms with Crippen molar-refractivity contribution in [3.8, 4) is 0 Å². The second-order valence-electron chi connectivity index (χ2n) is 5.32. The Balaban J connectivity index is 2.37. The quantitative estimate of drug-likeness (QED) is 0.752. The van der Waals surface area contributed by atoms with Crippen molar-refractivity contribution in [3.05, 3.63) is 0 Å². The number of carboxylic acid groups (broad SMARTS) is 1. The number of aliphatic carboxylic acids is 1. The number of carboxylic acids is 1. The van der Waals surface area contributed by atoms with E-state index < -0.39 is 5.97 Å². The van der Waals surface area contributed by atoms with Gasteiger partial charge in [-0.3, -0.25) is 4.79 Å². The maximum atomic E-state index is 12.2. The van der Waals surface area contributed by atoms with Gasteiger partial charge < -0.3 is 24.5 Å². The van der Waals surface area contributed by atoms with E-state index in [0.717, 1.165) is 0 Å². The van der Waals surface area contributed by atoms with Gasteiger partial charge in [-0.1, -0.05) is 0 Å². The number of amides is 3. The monoisotopic (exact) mass is 301 g/mol. The molecule has 1 aliphatic rings. The zero-order valence-electron chi connectivity index (χ0n) is 12.7. The second kappa shape index (κ2) is 7.82. The number of carbonyl (C=O) groups is 3. The molecule has 3 amide bonds. The van der Waals surface area contributed by atoms with Gasteiger partial charge >= 0.3 is 12.0 Å². The summed E-state index contributed by atoms with van der Waals surface area (Å²) in [5.41, 5.74) is 0. The molecule has 0 aromatic rings. The number of ether oxygens (including phenoxy) is 1. The molecule has 1 N–H and O–H groups in total. The second-order valence-corrected chi connectivity index (χ2v) is 5.32. The Morgan fingerprint density at radius 3 is 2.24 bits per heavy atom. The average Bonchev–Trinajstić information content (AvgIpc) is 2.44. The first kappa shape index (κ1) is 17.2. The number of piperidine rings is 1. The van der Waals surface area contributed by atoms with E-state index in [-0.39, 0.29) is 31.2 Å². The summed E-state index contributed by atoms with van der Waals surface area (Å²) in [4.78, 5) is 38.7. The van der Waals surface area contributed by atoms with Crippen LogP contribution in [-0.4, -0.2) is 91.2 Å². The van der Waals surface area contributed by atoms with Crippen LogP contribution in [0.15, 0.2) is 0 Å². The van der Waals surface area contributed by atoms with E-state index in [4.69, 9.17) is 9.84 Å². The highest BCUT2D eigenvalue weighted by molar-refractivity contribution is 5.83. The highest BCUT2D eigenvalue weighted by atomic mass is 16.5. The largest absolute Gasteiger partial charge is 0.480 e. The molecule has 1 rings (SSSR count). The minimum absolute atomic E-state index is 0.0429. The molecule has 0 atom stereocenters. The molecule has 21 heavy (non-hydrogen) atoms. The number of likely N-dealkylation sites (tertiary alicyclic amines) is 1. The number of nitrogens with zero attached hydrogens (tertiary/aromatic N) is 3. The third-order valence-corrected chi connectivity index (χ3v) is 3.35. The summed E-state index contributed by atoms with van der Waals surface area (Å²) in [5.74, 6) is -1.12. The van der Waals surface area contributed by atoms with Crippen molar-refractivity contribution >= 4 is 17.9 Å². The zero-order chi connectivity index (χ0) is 16.0. The molecule has 0 bridgehead atoms. The predicted molar refractivity (Wildman–Crippen MR) is 74.9 cm³/mol. The Morgan fingerprint density at radius 2 is 1.76 bits per heavy atom. The highest BCUT2D eigenvalue weighted by Crippen LogP contribution is 2.15. The first-order valence-corrected chi connectivity index (χ1v) is 6.85. The van der Waals surface area contributed by atoms with Gasteiger partial charge in [0.15, 0.2) is 0 Å². The van der Waals surface area contributed by atoms with Gasteiger partial charge in [-0.05, 0) is 12.8 Å². The van der Waals surface area contributed by atoms with Crippen LogP contribution in [0.5, 0.6) is 0 Å². The number of likely N-dealkylation sites (N-methyl/N-ethyl adjacent to an activating group) is 2. The molecular weight excluding hydrogens is 278 g/mol. The first-order valence-electron chi connectivity index (χ1n) is 6.85. The average molecular weight is 301 g/mol. The van der Waals surface area contributed by atoms with Gasteiger partial charge in [0, 0.05) is 34.2 Å². The van der Waals surface area contributed by atoms with Gasteiger partial charge in [0.05, 0.1) is 6.10 Å². The molecular formula is C13H23N3O5. The third-order valence-electron chi connectivity index (χ3n) is 3.35. The lowest BCUT2D eigenvalue weighted by molar-refractivity contribution is -0.145. The van der Waals surface area contributed by atoms with Crippen molar-refractivity contribution in [2.24, 2.45) is 0 Å². The standard InChI is InChI=1S/C13H23N3O5/c1-14(2)11(17)8-15(3)13(20)16-6-4-10(5-7-16)21-9-12(18)19/h10H,4-9H2,1-3H3,(H,18,19). The summed E-state index contributed by atoms with van der Waals surface area (Å²) >= 11 is 0. The van der Waals surface area contributed by atoms with Crippen molar-refractivity contribution in [2.45, 2.75) is 18.9 Å². The Hall–Kier alpha value is -1.83. The van der Waals surface area contributed by atoms with E-state index in [9.17, 15) is 14.4 Å². The van der Waals surface area contributed by atoms with Crippen LogP contribution in [0.2, 0.25) is 0 Å². The van der Waals surface area contributed by atoms with Crippen LogP contribution in [0.1, 0.15) is 12.8 Å². The fraction of sp³-hybridized carbons (Fsp3) is 0.769. The van der Waals surface area contributed by atoms with Crippen molar-refractivity contribution < 1.29 is 24.2 Å². The number of urea groups is 1. The van der Waals surface area contributed by atoms with Crippen LogP contribution in [0.4, 0.5) is 4.79 Å². The highest BCUT2D eigenvalue weighted by Gasteiger charge is 2.26. The topological polar surface area (TPSA) is 90.4 Å². The van der Waals surface area contributed by atoms with Crippen molar-refractivity contribution in [1.29, 1.82) is 0 Å². The molecule has 1 aliphatic heterocycles. The lowest BCUT2D eigenvalue weighted by Crippen LogP contribution is -2.49. The van der Waals surface area contributed by atoms with Gasteiger partial charge in [0.2, 0.25) is 5.91 Å². The van der Waals surface area contributed by atoms with Gasteiger partial charge in [0.25, 0.3) is 0 Å². The molecule has 0 saturated carbocycles. The molecule has 120 valence electrons. The first-order chi connectivity index (χ1) is 9.81. The molecule has 0 spiro atoms. The molecule has 1 heterocycles. The predicted octanol–water partition coefficient (Wildman–Crippen LogP) is -0.308. The third kappa shape index (κ3) is 5.58. The molecule has 8 nitrogen and oxygen atoms in total. The number of hydrogen-bond acceptors (Lipinski definition) is 4. The van der Waals surface area contributed by atoms with Crippen molar-refractivity contribution in [1.82, 2.24) is 14.7 Å². The summed E-state index contributed by atoms with van der Waals surface area (Å²) in [7, 11) is 4.88. The van der Waals surface area contributed by atoms with Crippen LogP contribution >= 0.6 is 0 Å². The maximum absolute atomic E-state index is 12.2. The lowest BCUT2D eigenvalue weighted by atomic mass is 10.1. The summed E-state index contributed by atoms with van der Waals surface area (Å²) in [5, 5.41) is 8.55. The van der Waals surface area contributed by atoms with Gasteiger partial charge in [0.1, 0.15) is 13.2 Å². The molecule has 0 aromatic carbocycles. The van der Waals surface area contributed by atoms with Crippen molar-refractivity contribution in [3.63, 3.8) is 0 Å². The van der Waals surface area contributed by atoms with E-state index in [0.29, 0.717) is 25.9 Å². The van der Waals surface area contributed by atoms with Gasteiger partial charge in [-0.25, -0.2) is 9.59 Å². The Kier molecular flexibility index (Phi) is 6.41. The van der Waals surface area contributed by atoms with Crippen LogP contribution in [0, 0.1) is 0 Å². The minimum atomic E-state index is -0.990. The zero-order valence-corrected chi connectivity index (χ0v) is 12.7. The number of rotatable bonds is 5. The molecule has 8 heteroatoms.